The Morgan fingerprint density at radius 3 is 2.87 bits per heavy atom. The number of sulfonamides is 1. The van der Waals surface area contributed by atoms with E-state index < -0.39 is 10.0 Å². The Morgan fingerprint density at radius 1 is 1.39 bits per heavy atom. The molecule has 5 nitrogen and oxygen atoms in total. The van der Waals surface area contributed by atoms with Crippen molar-refractivity contribution in [2.75, 3.05) is 10.0 Å². The van der Waals surface area contributed by atoms with Crippen molar-refractivity contribution >= 4 is 37.5 Å². The predicted molar refractivity (Wildman–Crippen MR) is 90.2 cm³/mol. The van der Waals surface area contributed by atoms with Gasteiger partial charge in [-0.3, -0.25) is 4.31 Å². The van der Waals surface area contributed by atoms with Crippen LogP contribution in [0.1, 0.15) is 18.9 Å². The zero-order valence-electron chi connectivity index (χ0n) is 12.3. The van der Waals surface area contributed by atoms with E-state index in [1.54, 1.807) is 0 Å². The van der Waals surface area contributed by atoms with Crippen LogP contribution in [-0.2, 0) is 16.4 Å². The molecule has 1 aromatic carbocycles. The highest BCUT2D eigenvalue weighted by atomic mass is 79.9. The molecule has 1 aliphatic rings. The summed E-state index contributed by atoms with van der Waals surface area (Å²) >= 11 is 3.22. The molecule has 2 heterocycles. The number of nitrogens with zero attached hydrogens (tertiary/aromatic N) is 2. The normalized spacial score (nSPS) is 17.9. The van der Waals surface area contributed by atoms with Gasteiger partial charge in [-0.2, -0.15) is 0 Å². The molecule has 0 bridgehead atoms. The summed E-state index contributed by atoms with van der Waals surface area (Å²) in [5, 5.41) is 0. The second kappa shape index (κ2) is 5.76. The molecule has 0 amide bonds. The smallest absolute Gasteiger partial charge is 0.268 e. The molecule has 1 unspecified atom stereocenters. The minimum Gasteiger partial charge on any atom is -0.383 e. The van der Waals surface area contributed by atoms with E-state index in [0.29, 0.717) is 28.6 Å². The van der Waals surface area contributed by atoms with Gasteiger partial charge in [-0.1, -0.05) is 0 Å². The van der Waals surface area contributed by atoms with E-state index in [1.807, 2.05) is 6.92 Å². The van der Waals surface area contributed by atoms with E-state index in [-0.39, 0.29) is 22.6 Å². The number of hydrogen-bond donors (Lipinski definition) is 1. The van der Waals surface area contributed by atoms with E-state index in [0.717, 1.165) is 0 Å². The van der Waals surface area contributed by atoms with Gasteiger partial charge < -0.3 is 5.73 Å². The predicted octanol–water partition coefficient (Wildman–Crippen LogP) is 3.10. The number of aryl methyl sites for hydroxylation is 1. The van der Waals surface area contributed by atoms with Gasteiger partial charge in [-0.25, -0.2) is 17.8 Å². The molecule has 3 rings (SSSR count). The highest BCUT2D eigenvalue weighted by Crippen LogP contribution is 2.37. The second-order valence-corrected chi connectivity index (χ2v) is 8.20. The lowest BCUT2D eigenvalue weighted by Gasteiger charge is -2.36. The SMILES string of the molecule is CC1CCc2cc(F)ccc2N1S(=O)(=O)c1cc(Br)cnc1N. The molecule has 0 fully saturated rings. The minimum atomic E-state index is -3.90. The quantitative estimate of drug-likeness (QED) is 0.841. The van der Waals surface area contributed by atoms with Crippen molar-refractivity contribution in [1.29, 1.82) is 0 Å². The van der Waals surface area contributed by atoms with Crippen LogP contribution >= 0.6 is 15.9 Å². The average Bonchev–Trinajstić information content (AvgIpc) is 2.49. The first-order valence-electron chi connectivity index (χ1n) is 7.04. The number of rotatable bonds is 2. The van der Waals surface area contributed by atoms with Crippen LogP contribution in [0.2, 0.25) is 0 Å². The van der Waals surface area contributed by atoms with Crippen LogP contribution in [0.15, 0.2) is 39.8 Å². The number of nitrogens with two attached hydrogens (primary N) is 1. The number of benzene rings is 1. The lowest BCUT2D eigenvalue weighted by Crippen LogP contribution is -2.42. The first-order chi connectivity index (χ1) is 10.8. The van der Waals surface area contributed by atoms with Crippen LogP contribution in [0.3, 0.4) is 0 Å². The van der Waals surface area contributed by atoms with Gasteiger partial charge in [0.2, 0.25) is 0 Å². The zero-order chi connectivity index (χ0) is 16.8. The van der Waals surface area contributed by atoms with E-state index in [2.05, 4.69) is 20.9 Å². The molecule has 0 saturated carbocycles. The molecule has 1 atom stereocenters. The highest BCUT2D eigenvalue weighted by molar-refractivity contribution is 9.10. The number of halogens is 2. The maximum Gasteiger partial charge on any atom is 0.268 e. The van der Waals surface area contributed by atoms with Gasteiger partial charge in [0.25, 0.3) is 10.0 Å². The Balaban J connectivity index is 2.19. The lowest BCUT2D eigenvalue weighted by atomic mass is 9.99. The van der Waals surface area contributed by atoms with Crippen molar-refractivity contribution in [2.45, 2.75) is 30.7 Å². The fourth-order valence-electron chi connectivity index (χ4n) is 2.80. The van der Waals surface area contributed by atoms with Crippen LogP contribution in [0.5, 0.6) is 0 Å². The molecule has 0 spiro atoms. The van der Waals surface area contributed by atoms with E-state index in [9.17, 15) is 12.8 Å². The third-order valence-corrected chi connectivity index (χ3v) is 6.29. The lowest BCUT2D eigenvalue weighted by molar-refractivity contribution is 0.560. The summed E-state index contributed by atoms with van der Waals surface area (Å²) in [5.74, 6) is -0.436. The second-order valence-electron chi connectivity index (χ2n) is 5.50. The van der Waals surface area contributed by atoms with Crippen molar-refractivity contribution in [3.63, 3.8) is 0 Å². The third kappa shape index (κ3) is 2.81. The van der Waals surface area contributed by atoms with Crippen LogP contribution in [0.25, 0.3) is 0 Å². The third-order valence-electron chi connectivity index (χ3n) is 3.90. The fourth-order valence-corrected chi connectivity index (χ4v) is 5.10. The summed E-state index contributed by atoms with van der Waals surface area (Å²) in [4.78, 5) is 3.84. The van der Waals surface area contributed by atoms with Crippen LogP contribution in [0.4, 0.5) is 15.9 Å². The Bertz CT molecular complexity index is 873. The summed E-state index contributed by atoms with van der Waals surface area (Å²) in [7, 11) is -3.90. The number of aromatic nitrogens is 1. The molecule has 0 aliphatic carbocycles. The summed E-state index contributed by atoms with van der Waals surface area (Å²) < 4.78 is 41.5. The zero-order valence-corrected chi connectivity index (χ0v) is 14.7. The van der Waals surface area contributed by atoms with E-state index in [1.165, 1.54) is 34.8 Å². The Kier molecular flexibility index (Phi) is 4.05. The standard InChI is InChI=1S/C15H15BrFN3O2S/c1-9-2-3-10-6-12(17)4-5-13(10)20(9)23(21,22)14-7-11(16)8-19-15(14)18/h4-9H,2-3H2,1H3,(H2,18,19). The molecule has 0 saturated heterocycles. The summed E-state index contributed by atoms with van der Waals surface area (Å²) in [6.07, 6.45) is 2.68. The van der Waals surface area contributed by atoms with Gasteiger partial charge >= 0.3 is 0 Å². The van der Waals surface area contributed by atoms with Gasteiger partial charge in [0.1, 0.15) is 16.5 Å². The molecule has 1 aromatic heterocycles. The number of hydrogen-bond acceptors (Lipinski definition) is 4. The van der Waals surface area contributed by atoms with Crippen molar-refractivity contribution < 1.29 is 12.8 Å². The Morgan fingerprint density at radius 2 is 2.13 bits per heavy atom. The first kappa shape index (κ1) is 16.2. The Hall–Kier alpha value is -1.67. The van der Waals surface area contributed by atoms with Crippen LogP contribution in [-0.4, -0.2) is 19.4 Å². The molecular formula is C15H15BrFN3O2S. The van der Waals surface area contributed by atoms with Crippen molar-refractivity contribution in [1.82, 2.24) is 4.98 Å². The first-order valence-corrected chi connectivity index (χ1v) is 9.28. The van der Waals surface area contributed by atoms with Crippen molar-refractivity contribution in [2.24, 2.45) is 0 Å². The van der Waals surface area contributed by atoms with Crippen LogP contribution < -0.4 is 10.0 Å². The molecular weight excluding hydrogens is 385 g/mol. The number of anilines is 2. The highest BCUT2D eigenvalue weighted by Gasteiger charge is 2.35. The molecule has 2 N–H and O–H groups in total. The van der Waals surface area contributed by atoms with Gasteiger partial charge in [0.05, 0.1) is 5.69 Å². The van der Waals surface area contributed by atoms with Crippen molar-refractivity contribution in [3.8, 4) is 0 Å². The molecule has 0 radical (unpaired) electrons. The average molecular weight is 400 g/mol. The number of nitrogen functional groups attached to an aromatic ring is 1. The summed E-state index contributed by atoms with van der Waals surface area (Å²) in [6, 6.07) is 5.33. The maximum atomic E-state index is 13.5. The summed E-state index contributed by atoms with van der Waals surface area (Å²) in [5.41, 5.74) is 6.94. The molecule has 122 valence electrons. The molecule has 23 heavy (non-hydrogen) atoms. The largest absolute Gasteiger partial charge is 0.383 e. The van der Waals surface area contributed by atoms with Gasteiger partial charge in [-0.05, 0) is 65.5 Å². The minimum absolute atomic E-state index is 0.0594. The van der Waals surface area contributed by atoms with E-state index >= 15 is 0 Å². The topological polar surface area (TPSA) is 76.3 Å². The number of fused-ring (bicyclic) bond motifs is 1. The van der Waals surface area contributed by atoms with Gasteiger partial charge in [0.15, 0.2) is 0 Å². The summed E-state index contributed by atoms with van der Waals surface area (Å²) in [6.45, 7) is 1.82. The van der Waals surface area contributed by atoms with Crippen LogP contribution in [0, 0.1) is 5.82 Å². The monoisotopic (exact) mass is 399 g/mol. The fraction of sp³-hybridized carbons (Fsp3) is 0.267. The number of pyridine rings is 1. The molecule has 1 aliphatic heterocycles. The van der Waals surface area contributed by atoms with Gasteiger partial charge in [0, 0.05) is 16.7 Å². The molecule has 8 heteroatoms. The van der Waals surface area contributed by atoms with Gasteiger partial charge in [-0.15, -0.1) is 0 Å². The Labute approximate surface area is 142 Å². The van der Waals surface area contributed by atoms with Crippen molar-refractivity contribution in [3.05, 3.63) is 46.3 Å². The van der Waals surface area contributed by atoms with E-state index in [4.69, 9.17) is 5.73 Å². The molecule has 2 aromatic rings. The maximum absolute atomic E-state index is 13.5.